The molecule has 0 saturated carbocycles. The number of piperidine rings is 1. The molecule has 1 aromatic carbocycles. The van der Waals surface area contributed by atoms with E-state index in [0.29, 0.717) is 18.7 Å². The predicted molar refractivity (Wildman–Crippen MR) is 90.5 cm³/mol. The van der Waals surface area contributed by atoms with Crippen molar-refractivity contribution in [3.63, 3.8) is 0 Å². The van der Waals surface area contributed by atoms with E-state index in [2.05, 4.69) is 15.9 Å². The van der Waals surface area contributed by atoms with Gasteiger partial charge in [0, 0.05) is 19.0 Å². The molecule has 5 nitrogen and oxygen atoms in total. The summed E-state index contributed by atoms with van der Waals surface area (Å²) < 4.78 is 6.59. The van der Waals surface area contributed by atoms with E-state index in [1.165, 1.54) is 0 Å². The molecular formula is C17H22BrNO4. The zero-order chi connectivity index (χ0) is 16.8. The van der Waals surface area contributed by atoms with Crippen LogP contribution < -0.4 is 4.74 Å². The highest BCUT2D eigenvalue weighted by atomic mass is 79.9. The van der Waals surface area contributed by atoms with Crippen LogP contribution in [-0.4, -0.2) is 40.6 Å². The fourth-order valence-corrected chi connectivity index (χ4v) is 3.27. The number of para-hydroxylation sites is 1. The quantitative estimate of drug-likeness (QED) is 0.816. The molecule has 1 aromatic rings. The molecule has 0 aliphatic carbocycles. The van der Waals surface area contributed by atoms with Gasteiger partial charge >= 0.3 is 5.97 Å². The van der Waals surface area contributed by atoms with Crippen LogP contribution >= 0.6 is 15.9 Å². The lowest BCUT2D eigenvalue weighted by Gasteiger charge is -2.37. The number of carbonyl (C=O) groups is 2. The number of halogens is 1. The van der Waals surface area contributed by atoms with Crippen molar-refractivity contribution in [3.05, 3.63) is 28.7 Å². The van der Waals surface area contributed by atoms with Crippen LogP contribution in [0.5, 0.6) is 5.75 Å². The van der Waals surface area contributed by atoms with E-state index in [4.69, 9.17) is 9.84 Å². The Morgan fingerprint density at radius 2 is 2.13 bits per heavy atom. The summed E-state index contributed by atoms with van der Waals surface area (Å²) in [4.78, 5) is 25.3. The van der Waals surface area contributed by atoms with Crippen LogP contribution in [0.25, 0.3) is 0 Å². The summed E-state index contributed by atoms with van der Waals surface area (Å²) in [5.41, 5.74) is 0. The van der Waals surface area contributed by atoms with Crippen molar-refractivity contribution in [1.82, 2.24) is 4.90 Å². The maximum atomic E-state index is 12.7. The number of carbonyl (C=O) groups excluding carboxylic acids is 1. The normalized spacial score (nSPS) is 19.2. The van der Waals surface area contributed by atoms with Gasteiger partial charge in [-0.25, -0.2) is 0 Å². The molecule has 1 saturated heterocycles. The van der Waals surface area contributed by atoms with Gasteiger partial charge in [0.15, 0.2) is 6.10 Å². The van der Waals surface area contributed by atoms with Gasteiger partial charge in [-0.05, 0) is 60.7 Å². The molecule has 2 unspecified atom stereocenters. The summed E-state index contributed by atoms with van der Waals surface area (Å²) in [6, 6.07) is 7.41. The second-order valence-corrected chi connectivity index (χ2v) is 6.66. The molecule has 23 heavy (non-hydrogen) atoms. The molecule has 1 N–H and O–H groups in total. The second-order valence-electron chi connectivity index (χ2n) is 5.80. The number of aliphatic carboxylic acids is 1. The molecule has 2 atom stereocenters. The maximum Gasteiger partial charge on any atom is 0.303 e. The fraction of sp³-hybridized carbons (Fsp3) is 0.529. The van der Waals surface area contributed by atoms with E-state index in [9.17, 15) is 9.59 Å². The fourth-order valence-electron chi connectivity index (χ4n) is 2.90. The summed E-state index contributed by atoms with van der Waals surface area (Å²) >= 11 is 3.41. The molecule has 0 bridgehead atoms. The first-order chi connectivity index (χ1) is 11.0. The number of amides is 1. The van der Waals surface area contributed by atoms with Gasteiger partial charge in [0.25, 0.3) is 5.91 Å². The Morgan fingerprint density at radius 3 is 2.83 bits per heavy atom. The predicted octanol–water partition coefficient (Wildman–Crippen LogP) is 3.46. The summed E-state index contributed by atoms with van der Waals surface area (Å²) in [6.45, 7) is 2.41. The van der Waals surface area contributed by atoms with E-state index in [0.717, 1.165) is 23.7 Å². The van der Waals surface area contributed by atoms with Gasteiger partial charge in [0.2, 0.25) is 0 Å². The van der Waals surface area contributed by atoms with Gasteiger partial charge < -0.3 is 14.7 Å². The Labute approximate surface area is 144 Å². The highest BCUT2D eigenvalue weighted by Crippen LogP contribution is 2.27. The lowest BCUT2D eigenvalue weighted by atomic mass is 9.97. The number of likely N-dealkylation sites (tertiary alicyclic amines) is 1. The van der Waals surface area contributed by atoms with Crippen LogP contribution in [0.1, 0.15) is 39.0 Å². The van der Waals surface area contributed by atoms with Crippen molar-refractivity contribution < 1.29 is 19.4 Å². The minimum absolute atomic E-state index is 0.00221. The smallest absolute Gasteiger partial charge is 0.303 e. The second kappa shape index (κ2) is 8.34. The van der Waals surface area contributed by atoms with Crippen LogP contribution in [0.4, 0.5) is 0 Å². The largest absolute Gasteiger partial charge is 0.481 e. The highest BCUT2D eigenvalue weighted by molar-refractivity contribution is 9.10. The molecule has 1 aliphatic rings. The SMILES string of the molecule is CC(Oc1ccccc1Br)C(=O)N1CCCCC1CCC(=O)O. The Kier molecular flexibility index (Phi) is 6.45. The van der Waals surface area contributed by atoms with Gasteiger partial charge in [-0.1, -0.05) is 12.1 Å². The summed E-state index contributed by atoms with van der Waals surface area (Å²) in [5, 5.41) is 8.87. The van der Waals surface area contributed by atoms with E-state index in [-0.39, 0.29) is 18.4 Å². The Balaban J connectivity index is 2.01. The number of benzene rings is 1. The average molecular weight is 384 g/mol. The van der Waals surface area contributed by atoms with Crippen molar-refractivity contribution in [2.24, 2.45) is 0 Å². The Hall–Kier alpha value is -1.56. The summed E-state index contributed by atoms with van der Waals surface area (Å²) in [7, 11) is 0. The van der Waals surface area contributed by atoms with Crippen LogP contribution in [0.15, 0.2) is 28.7 Å². The van der Waals surface area contributed by atoms with Gasteiger partial charge in [-0.3, -0.25) is 9.59 Å². The minimum atomic E-state index is -0.819. The molecule has 1 amide bonds. The standard InChI is InChI=1S/C17H22BrNO4/c1-12(23-15-8-3-2-7-14(15)18)17(22)19-11-5-4-6-13(19)9-10-16(20)21/h2-3,7-8,12-13H,4-6,9-11H2,1H3,(H,20,21). The van der Waals surface area contributed by atoms with Gasteiger partial charge in [-0.2, -0.15) is 0 Å². The number of ether oxygens (including phenoxy) is 1. The van der Waals surface area contributed by atoms with Crippen molar-refractivity contribution in [3.8, 4) is 5.75 Å². The molecule has 6 heteroatoms. The van der Waals surface area contributed by atoms with Crippen molar-refractivity contribution in [2.45, 2.75) is 51.2 Å². The first kappa shape index (κ1) is 17.8. The summed E-state index contributed by atoms with van der Waals surface area (Å²) in [6.07, 6.45) is 2.85. The number of carboxylic acid groups (broad SMARTS) is 1. The molecule has 2 rings (SSSR count). The molecule has 1 heterocycles. The van der Waals surface area contributed by atoms with E-state index >= 15 is 0 Å². The molecular weight excluding hydrogens is 362 g/mol. The molecule has 126 valence electrons. The third-order valence-corrected chi connectivity index (χ3v) is 4.74. The molecule has 0 aromatic heterocycles. The van der Waals surface area contributed by atoms with Crippen molar-refractivity contribution in [1.29, 1.82) is 0 Å². The lowest BCUT2D eigenvalue weighted by molar-refractivity contribution is -0.144. The van der Waals surface area contributed by atoms with Crippen molar-refractivity contribution in [2.75, 3.05) is 6.54 Å². The first-order valence-corrected chi connectivity index (χ1v) is 8.72. The zero-order valence-electron chi connectivity index (χ0n) is 13.2. The topological polar surface area (TPSA) is 66.8 Å². The number of rotatable bonds is 6. The van der Waals surface area contributed by atoms with Crippen LogP contribution in [0.2, 0.25) is 0 Å². The number of carboxylic acids is 1. The highest BCUT2D eigenvalue weighted by Gasteiger charge is 2.30. The average Bonchev–Trinajstić information content (AvgIpc) is 2.54. The van der Waals surface area contributed by atoms with Gasteiger partial charge in [0.05, 0.1) is 4.47 Å². The van der Waals surface area contributed by atoms with Gasteiger partial charge in [-0.15, -0.1) is 0 Å². The first-order valence-electron chi connectivity index (χ1n) is 7.92. The number of nitrogens with zero attached hydrogens (tertiary/aromatic N) is 1. The minimum Gasteiger partial charge on any atom is -0.481 e. The molecule has 0 spiro atoms. The number of hydrogen-bond donors (Lipinski definition) is 1. The van der Waals surface area contributed by atoms with Crippen LogP contribution in [0, 0.1) is 0 Å². The Morgan fingerprint density at radius 1 is 1.39 bits per heavy atom. The van der Waals surface area contributed by atoms with E-state index in [1.807, 2.05) is 24.3 Å². The molecule has 0 radical (unpaired) electrons. The van der Waals surface area contributed by atoms with E-state index < -0.39 is 12.1 Å². The monoisotopic (exact) mass is 383 g/mol. The van der Waals surface area contributed by atoms with Crippen molar-refractivity contribution >= 4 is 27.8 Å². The third-order valence-electron chi connectivity index (χ3n) is 4.09. The third kappa shape index (κ3) is 4.96. The summed E-state index contributed by atoms with van der Waals surface area (Å²) in [5.74, 6) is -0.260. The molecule has 1 aliphatic heterocycles. The van der Waals surface area contributed by atoms with Gasteiger partial charge in [0.1, 0.15) is 5.75 Å². The zero-order valence-corrected chi connectivity index (χ0v) is 14.8. The lowest BCUT2D eigenvalue weighted by Crippen LogP contribution is -2.49. The van der Waals surface area contributed by atoms with Crippen LogP contribution in [-0.2, 0) is 9.59 Å². The maximum absolute atomic E-state index is 12.7. The number of hydrogen-bond acceptors (Lipinski definition) is 3. The van der Waals surface area contributed by atoms with E-state index in [1.54, 1.807) is 11.8 Å². The molecule has 1 fully saturated rings. The Bertz CT molecular complexity index is 563. The van der Waals surface area contributed by atoms with Crippen LogP contribution in [0.3, 0.4) is 0 Å².